The van der Waals surface area contributed by atoms with Gasteiger partial charge in [-0.25, -0.2) is 4.79 Å². The Morgan fingerprint density at radius 2 is 1.77 bits per heavy atom. The van der Waals surface area contributed by atoms with Crippen LogP contribution < -0.4 is 0 Å². The van der Waals surface area contributed by atoms with Gasteiger partial charge in [0.2, 0.25) is 5.91 Å². The van der Waals surface area contributed by atoms with E-state index < -0.39 is 12.1 Å². The molecule has 0 unspecified atom stereocenters. The molecule has 2 aliphatic rings. The van der Waals surface area contributed by atoms with Crippen LogP contribution in [-0.4, -0.2) is 46.3 Å². The Morgan fingerprint density at radius 3 is 2.40 bits per heavy atom. The number of benzene rings is 1. The highest BCUT2D eigenvalue weighted by Crippen LogP contribution is 2.26. The van der Waals surface area contributed by atoms with Crippen molar-refractivity contribution in [1.82, 2.24) is 9.80 Å². The molecule has 3 rings (SSSR count). The molecule has 2 aliphatic heterocycles. The third-order valence-corrected chi connectivity index (χ3v) is 5.97. The van der Waals surface area contributed by atoms with Crippen molar-refractivity contribution in [2.45, 2.75) is 77.1 Å². The highest BCUT2D eigenvalue weighted by molar-refractivity contribution is 5.88. The molecule has 1 fully saturated rings. The van der Waals surface area contributed by atoms with Crippen LogP contribution >= 0.6 is 0 Å². The Morgan fingerprint density at radius 1 is 1.10 bits per heavy atom. The fraction of sp³-hybridized carbons (Fsp3) is 0.542. The lowest BCUT2D eigenvalue weighted by molar-refractivity contribution is -0.137. The summed E-state index contributed by atoms with van der Waals surface area (Å²) < 4.78 is 5.69. The molecule has 0 radical (unpaired) electrons. The number of unbranched alkanes of at least 4 members (excludes halogenated alkanes) is 4. The first-order valence-corrected chi connectivity index (χ1v) is 10.9. The number of amides is 2. The van der Waals surface area contributed by atoms with Crippen molar-refractivity contribution in [3.8, 4) is 0 Å². The summed E-state index contributed by atoms with van der Waals surface area (Å²) in [4.78, 5) is 40.7. The number of hydrogen-bond acceptors (Lipinski definition) is 4. The number of rotatable bonds is 9. The van der Waals surface area contributed by atoms with Gasteiger partial charge in [-0.2, -0.15) is 0 Å². The van der Waals surface area contributed by atoms with Gasteiger partial charge in [0.05, 0.1) is 12.6 Å². The first-order valence-electron chi connectivity index (χ1n) is 10.9. The number of ether oxygens (including phenoxy) is 1. The van der Waals surface area contributed by atoms with Crippen LogP contribution in [0.3, 0.4) is 0 Å². The summed E-state index contributed by atoms with van der Waals surface area (Å²) >= 11 is 0. The Balaban J connectivity index is 1.49. The first kappa shape index (κ1) is 22.1. The van der Waals surface area contributed by atoms with E-state index in [-0.39, 0.29) is 17.8 Å². The van der Waals surface area contributed by atoms with Crippen LogP contribution in [0.4, 0.5) is 4.79 Å². The van der Waals surface area contributed by atoms with E-state index in [1.165, 1.54) is 6.92 Å². The molecule has 0 bridgehead atoms. The van der Waals surface area contributed by atoms with Crippen LogP contribution in [0.2, 0.25) is 0 Å². The Kier molecular flexibility index (Phi) is 7.66. The number of allylic oxidation sites excluding steroid dienone is 1. The van der Waals surface area contributed by atoms with Crippen molar-refractivity contribution in [2.75, 3.05) is 6.54 Å². The zero-order chi connectivity index (χ0) is 21.5. The lowest BCUT2D eigenvalue weighted by atomic mass is 10.1. The standard InChI is InChI=1S/C24H32N2O4/c1-3-4-5-6-7-8-13-23(28)26-17-21(14-22(26)18(2)27)30-24(29)25-15-19-11-9-10-12-20(19)16-25/h3,9-12,21-22H,1,4-8,13-17H2,2H3/t21-,22+/m1/s1. The van der Waals surface area contributed by atoms with Crippen molar-refractivity contribution < 1.29 is 19.1 Å². The molecule has 1 saturated heterocycles. The number of carbonyl (C=O) groups excluding carboxylic acids is 3. The number of ketones is 1. The van der Waals surface area contributed by atoms with E-state index in [0.29, 0.717) is 32.5 Å². The Bertz CT molecular complexity index is 766. The quantitative estimate of drug-likeness (QED) is 0.450. The van der Waals surface area contributed by atoms with Crippen LogP contribution in [0.1, 0.15) is 63.0 Å². The zero-order valence-corrected chi connectivity index (χ0v) is 17.8. The van der Waals surface area contributed by atoms with E-state index >= 15 is 0 Å². The molecule has 2 heterocycles. The average molecular weight is 413 g/mol. The minimum atomic E-state index is -0.494. The van der Waals surface area contributed by atoms with Crippen molar-refractivity contribution in [3.63, 3.8) is 0 Å². The Labute approximate surface area is 178 Å². The average Bonchev–Trinajstić information content (AvgIpc) is 3.35. The van der Waals surface area contributed by atoms with Crippen LogP contribution in [0.15, 0.2) is 36.9 Å². The molecule has 1 aromatic carbocycles. The van der Waals surface area contributed by atoms with E-state index in [1.807, 2.05) is 30.3 Å². The molecule has 162 valence electrons. The van der Waals surface area contributed by atoms with E-state index in [2.05, 4.69) is 6.58 Å². The van der Waals surface area contributed by atoms with Gasteiger partial charge < -0.3 is 9.64 Å². The second-order valence-corrected chi connectivity index (χ2v) is 8.28. The molecule has 2 amide bonds. The summed E-state index contributed by atoms with van der Waals surface area (Å²) in [7, 11) is 0. The van der Waals surface area contributed by atoms with Gasteiger partial charge >= 0.3 is 6.09 Å². The highest BCUT2D eigenvalue weighted by Gasteiger charge is 2.40. The first-order chi connectivity index (χ1) is 14.5. The lowest BCUT2D eigenvalue weighted by Crippen LogP contribution is -2.39. The second-order valence-electron chi connectivity index (χ2n) is 8.28. The van der Waals surface area contributed by atoms with Crippen molar-refractivity contribution >= 4 is 17.8 Å². The second kappa shape index (κ2) is 10.4. The topological polar surface area (TPSA) is 66.9 Å². The number of carbonyl (C=O) groups is 3. The zero-order valence-electron chi connectivity index (χ0n) is 17.8. The van der Waals surface area contributed by atoms with Crippen LogP contribution in [-0.2, 0) is 27.4 Å². The molecule has 6 nitrogen and oxygen atoms in total. The van der Waals surface area contributed by atoms with Gasteiger partial charge in [0.1, 0.15) is 6.10 Å². The highest BCUT2D eigenvalue weighted by atomic mass is 16.6. The number of likely N-dealkylation sites (tertiary alicyclic amines) is 1. The lowest BCUT2D eigenvalue weighted by Gasteiger charge is -2.22. The predicted octanol–water partition coefficient (Wildman–Crippen LogP) is 4.22. The van der Waals surface area contributed by atoms with Crippen molar-refractivity contribution in [2.24, 2.45) is 0 Å². The number of fused-ring (bicyclic) bond motifs is 1. The van der Waals surface area contributed by atoms with Crippen molar-refractivity contribution in [1.29, 1.82) is 0 Å². The monoisotopic (exact) mass is 412 g/mol. The molecule has 0 spiro atoms. The van der Waals surface area contributed by atoms with Gasteiger partial charge in [0.15, 0.2) is 5.78 Å². The maximum Gasteiger partial charge on any atom is 0.410 e. The van der Waals surface area contributed by atoms with Gasteiger partial charge in [-0.15, -0.1) is 6.58 Å². The summed E-state index contributed by atoms with van der Waals surface area (Å²) in [5.74, 6) is -0.0764. The predicted molar refractivity (Wildman–Crippen MR) is 115 cm³/mol. The molecule has 0 N–H and O–H groups in total. The van der Waals surface area contributed by atoms with Gasteiger partial charge in [-0.1, -0.05) is 43.2 Å². The largest absolute Gasteiger partial charge is 0.444 e. The molecule has 1 aromatic rings. The summed E-state index contributed by atoms with van der Waals surface area (Å²) in [6, 6.07) is 7.46. The molecule has 30 heavy (non-hydrogen) atoms. The van der Waals surface area contributed by atoms with E-state index in [4.69, 9.17) is 4.74 Å². The van der Waals surface area contributed by atoms with E-state index in [1.54, 1.807) is 9.80 Å². The number of hydrogen-bond donors (Lipinski definition) is 0. The van der Waals surface area contributed by atoms with Gasteiger partial charge in [0.25, 0.3) is 0 Å². The van der Waals surface area contributed by atoms with Gasteiger partial charge in [-0.05, 0) is 37.3 Å². The molecule has 0 saturated carbocycles. The Hall–Kier alpha value is -2.63. The van der Waals surface area contributed by atoms with Gasteiger partial charge in [-0.3, -0.25) is 14.5 Å². The normalized spacial score (nSPS) is 20.2. The van der Waals surface area contributed by atoms with Gasteiger partial charge in [0, 0.05) is 25.9 Å². The number of Topliss-reactive ketones (excluding diaryl/α,β-unsaturated/α-hetero) is 1. The maximum absolute atomic E-state index is 12.7. The summed E-state index contributed by atoms with van der Waals surface area (Å²) in [6.07, 6.45) is 6.88. The molecule has 0 aromatic heterocycles. The third kappa shape index (κ3) is 5.49. The molecule has 0 aliphatic carbocycles. The van der Waals surface area contributed by atoms with Crippen molar-refractivity contribution in [3.05, 3.63) is 48.0 Å². The summed E-state index contributed by atoms with van der Waals surface area (Å²) in [5, 5.41) is 0. The van der Waals surface area contributed by atoms with Crippen LogP contribution in [0.5, 0.6) is 0 Å². The smallest absolute Gasteiger partial charge is 0.410 e. The fourth-order valence-electron chi connectivity index (χ4n) is 4.29. The number of nitrogens with zero attached hydrogens (tertiary/aromatic N) is 2. The molecule has 2 atom stereocenters. The fourth-order valence-corrected chi connectivity index (χ4v) is 4.29. The third-order valence-electron chi connectivity index (χ3n) is 5.97. The van der Waals surface area contributed by atoms with Crippen LogP contribution in [0.25, 0.3) is 0 Å². The SMILES string of the molecule is C=CCCCCCCC(=O)N1C[C@H](OC(=O)N2Cc3ccccc3C2)C[C@H]1C(C)=O. The maximum atomic E-state index is 12.7. The molecular formula is C24H32N2O4. The molecular weight excluding hydrogens is 380 g/mol. The van der Waals surface area contributed by atoms with E-state index in [0.717, 1.165) is 43.2 Å². The van der Waals surface area contributed by atoms with Crippen LogP contribution in [0, 0.1) is 0 Å². The summed E-state index contributed by atoms with van der Waals surface area (Å²) in [6.45, 7) is 6.58. The summed E-state index contributed by atoms with van der Waals surface area (Å²) in [5.41, 5.74) is 2.26. The molecule has 6 heteroatoms. The minimum absolute atomic E-state index is 0.0222. The van der Waals surface area contributed by atoms with E-state index in [9.17, 15) is 14.4 Å². The minimum Gasteiger partial charge on any atom is -0.444 e.